The third-order valence-corrected chi connectivity index (χ3v) is 4.30. The van der Waals surface area contributed by atoms with Crippen LogP contribution in [0.1, 0.15) is 30.6 Å². The van der Waals surface area contributed by atoms with Crippen LogP contribution in [-0.4, -0.2) is 16.8 Å². The summed E-state index contributed by atoms with van der Waals surface area (Å²) in [6, 6.07) is 12.4. The molecule has 0 bridgehead atoms. The Balaban J connectivity index is 2.31. The molecule has 122 valence electrons. The summed E-state index contributed by atoms with van der Waals surface area (Å²) in [4.78, 5) is 12.0. The van der Waals surface area contributed by atoms with Crippen LogP contribution < -0.4 is 10.5 Å². The number of anilines is 1. The monoisotopic (exact) mass is 331 g/mol. The third kappa shape index (κ3) is 4.93. The fourth-order valence-electron chi connectivity index (χ4n) is 1.97. The standard InChI is InChI=1S/C18H21NO3S/c1-12(2)8-9-23-16-11-13(18(20)21)10-15(19)17(16)22-14-6-4-3-5-7-14/h3-7,10-12H,8-9,19H2,1-2H3,(H,20,21). The van der Waals surface area contributed by atoms with Gasteiger partial charge in [0.1, 0.15) is 5.75 Å². The SMILES string of the molecule is CC(C)CCSc1cc(C(=O)O)cc(N)c1Oc1ccccc1. The lowest BCUT2D eigenvalue weighted by molar-refractivity contribution is 0.0696. The van der Waals surface area contributed by atoms with Crippen LogP contribution >= 0.6 is 11.8 Å². The Bertz CT molecular complexity index is 671. The van der Waals surface area contributed by atoms with Gasteiger partial charge in [0.05, 0.1) is 16.1 Å². The maximum Gasteiger partial charge on any atom is 0.335 e. The van der Waals surface area contributed by atoms with E-state index in [1.54, 1.807) is 17.8 Å². The Morgan fingerprint density at radius 1 is 1.26 bits per heavy atom. The maximum atomic E-state index is 11.3. The number of carboxylic acid groups (broad SMARTS) is 1. The molecule has 0 radical (unpaired) electrons. The first-order valence-corrected chi connectivity index (χ1v) is 8.48. The molecule has 0 aromatic heterocycles. The minimum absolute atomic E-state index is 0.176. The second kappa shape index (κ2) is 7.92. The molecule has 0 aliphatic heterocycles. The van der Waals surface area contributed by atoms with Gasteiger partial charge in [-0.3, -0.25) is 0 Å². The first kappa shape index (κ1) is 17.2. The van der Waals surface area contributed by atoms with Crippen molar-refractivity contribution in [3.63, 3.8) is 0 Å². The first-order valence-electron chi connectivity index (χ1n) is 7.50. The molecule has 0 saturated carbocycles. The molecule has 0 saturated heterocycles. The number of ether oxygens (including phenoxy) is 1. The normalized spacial score (nSPS) is 10.7. The molecule has 0 heterocycles. The van der Waals surface area contributed by atoms with E-state index in [0.29, 0.717) is 23.1 Å². The molecule has 0 aliphatic carbocycles. The van der Waals surface area contributed by atoms with E-state index in [0.717, 1.165) is 17.1 Å². The van der Waals surface area contributed by atoms with Crippen molar-refractivity contribution >= 4 is 23.4 Å². The molecule has 0 unspecified atom stereocenters. The van der Waals surface area contributed by atoms with Gasteiger partial charge in [-0.2, -0.15) is 0 Å². The molecule has 3 N–H and O–H groups in total. The van der Waals surface area contributed by atoms with Gasteiger partial charge in [-0.1, -0.05) is 32.0 Å². The number of nitrogen functional groups attached to an aromatic ring is 1. The highest BCUT2D eigenvalue weighted by molar-refractivity contribution is 7.99. The number of hydrogen-bond donors (Lipinski definition) is 2. The Kier molecular flexibility index (Phi) is 5.93. The van der Waals surface area contributed by atoms with Gasteiger partial charge >= 0.3 is 5.97 Å². The Morgan fingerprint density at radius 2 is 1.96 bits per heavy atom. The minimum atomic E-state index is -0.992. The first-order chi connectivity index (χ1) is 11.0. The summed E-state index contributed by atoms with van der Waals surface area (Å²) < 4.78 is 5.89. The van der Waals surface area contributed by atoms with E-state index in [1.165, 1.54) is 6.07 Å². The van der Waals surface area contributed by atoms with Gasteiger partial charge in [0.25, 0.3) is 0 Å². The molecule has 23 heavy (non-hydrogen) atoms. The van der Waals surface area contributed by atoms with Crippen molar-refractivity contribution in [2.24, 2.45) is 5.92 Å². The van der Waals surface area contributed by atoms with Gasteiger partial charge in [0.15, 0.2) is 5.75 Å². The van der Waals surface area contributed by atoms with Gasteiger partial charge in [-0.05, 0) is 42.4 Å². The van der Waals surface area contributed by atoms with E-state index in [-0.39, 0.29) is 5.56 Å². The molecular formula is C18H21NO3S. The van der Waals surface area contributed by atoms with Crippen LogP contribution in [0.5, 0.6) is 11.5 Å². The van der Waals surface area contributed by atoms with Crippen LogP contribution in [0.3, 0.4) is 0 Å². The van der Waals surface area contributed by atoms with E-state index in [4.69, 9.17) is 10.5 Å². The number of thioether (sulfide) groups is 1. The largest absolute Gasteiger partial charge is 0.478 e. The summed E-state index contributed by atoms with van der Waals surface area (Å²) >= 11 is 1.57. The lowest BCUT2D eigenvalue weighted by atomic mass is 10.2. The van der Waals surface area contributed by atoms with Crippen LogP contribution in [0.15, 0.2) is 47.4 Å². The highest BCUT2D eigenvalue weighted by Gasteiger charge is 2.15. The van der Waals surface area contributed by atoms with Crippen molar-refractivity contribution in [1.82, 2.24) is 0 Å². The molecule has 0 fully saturated rings. The number of hydrogen-bond acceptors (Lipinski definition) is 4. The number of nitrogens with two attached hydrogens (primary N) is 1. The fourth-order valence-corrected chi connectivity index (χ4v) is 3.28. The van der Waals surface area contributed by atoms with E-state index < -0.39 is 5.97 Å². The van der Waals surface area contributed by atoms with E-state index in [2.05, 4.69) is 13.8 Å². The van der Waals surface area contributed by atoms with E-state index >= 15 is 0 Å². The average Bonchev–Trinajstić information content (AvgIpc) is 2.50. The zero-order valence-corrected chi connectivity index (χ0v) is 14.1. The molecule has 0 aliphatic rings. The van der Waals surface area contributed by atoms with Gasteiger partial charge in [-0.15, -0.1) is 11.8 Å². The Hall–Kier alpha value is -2.14. The summed E-state index contributed by atoms with van der Waals surface area (Å²) in [6.45, 7) is 4.31. The molecule has 0 atom stereocenters. The smallest absolute Gasteiger partial charge is 0.335 e. The summed E-state index contributed by atoms with van der Waals surface area (Å²) in [5.74, 6) is 1.67. The molecule has 2 rings (SSSR count). The maximum absolute atomic E-state index is 11.3. The summed E-state index contributed by atoms with van der Waals surface area (Å²) in [6.07, 6.45) is 1.03. The number of aromatic carboxylic acids is 1. The van der Waals surface area contributed by atoms with Crippen LogP contribution in [0.2, 0.25) is 0 Å². The van der Waals surface area contributed by atoms with Gasteiger partial charge in [-0.25, -0.2) is 4.79 Å². The van der Waals surface area contributed by atoms with Crippen LogP contribution in [0, 0.1) is 5.92 Å². The zero-order chi connectivity index (χ0) is 16.8. The van der Waals surface area contributed by atoms with Crippen LogP contribution in [0.25, 0.3) is 0 Å². The zero-order valence-electron chi connectivity index (χ0n) is 13.3. The minimum Gasteiger partial charge on any atom is -0.478 e. The van der Waals surface area contributed by atoms with Crippen molar-refractivity contribution in [2.45, 2.75) is 25.2 Å². The predicted octanol–water partition coefficient (Wildman–Crippen LogP) is 4.90. The molecule has 4 nitrogen and oxygen atoms in total. The topological polar surface area (TPSA) is 72.5 Å². The second-order valence-corrected chi connectivity index (χ2v) is 6.78. The van der Waals surface area contributed by atoms with Gasteiger partial charge in [0, 0.05) is 0 Å². The Labute approximate surface area is 140 Å². The highest BCUT2D eigenvalue weighted by atomic mass is 32.2. The van der Waals surface area contributed by atoms with E-state index in [1.807, 2.05) is 30.3 Å². The highest BCUT2D eigenvalue weighted by Crippen LogP contribution is 2.39. The number of benzene rings is 2. The molecule has 2 aromatic carbocycles. The molecule has 2 aromatic rings. The molecule has 5 heteroatoms. The number of rotatable bonds is 7. The molecule has 0 amide bonds. The number of para-hydroxylation sites is 1. The lowest BCUT2D eigenvalue weighted by Gasteiger charge is -2.15. The summed E-state index contributed by atoms with van der Waals surface area (Å²) in [5.41, 5.74) is 6.55. The van der Waals surface area contributed by atoms with Crippen molar-refractivity contribution in [1.29, 1.82) is 0 Å². The predicted molar refractivity (Wildman–Crippen MR) is 94.5 cm³/mol. The number of carboxylic acids is 1. The lowest BCUT2D eigenvalue weighted by Crippen LogP contribution is -2.02. The quantitative estimate of drug-likeness (QED) is 0.558. The van der Waals surface area contributed by atoms with E-state index in [9.17, 15) is 9.90 Å². The van der Waals surface area contributed by atoms with Gasteiger partial charge in [0.2, 0.25) is 0 Å². The number of carbonyl (C=O) groups is 1. The summed E-state index contributed by atoms with van der Waals surface area (Å²) in [5, 5.41) is 9.22. The van der Waals surface area contributed by atoms with Crippen molar-refractivity contribution < 1.29 is 14.6 Å². The van der Waals surface area contributed by atoms with Crippen LogP contribution in [0.4, 0.5) is 5.69 Å². The van der Waals surface area contributed by atoms with Crippen LogP contribution in [-0.2, 0) is 0 Å². The molecular weight excluding hydrogens is 310 g/mol. The van der Waals surface area contributed by atoms with Crippen molar-refractivity contribution in [3.8, 4) is 11.5 Å². The Morgan fingerprint density at radius 3 is 2.57 bits per heavy atom. The van der Waals surface area contributed by atoms with Crippen molar-refractivity contribution in [3.05, 3.63) is 48.0 Å². The third-order valence-electron chi connectivity index (χ3n) is 3.25. The fraction of sp³-hybridized carbons (Fsp3) is 0.278. The van der Waals surface area contributed by atoms with Gasteiger partial charge < -0.3 is 15.6 Å². The molecule has 0 spiro atoms. The summed E-state index contributed by atoms with van der Waals surface area (Å²) in [7, 11) is 0. The average molecular weight is 331 g/mol. The second-order valence-electron chi connectivity index (χ2n) is 5.64. The van der Waals surface area contributed by atoms with Crippen molar-refractivity contribution in [2.75, 3.05) is 11.5 Å².